The Morgan fingerprint density at radius 2 is 1.82 bits per heavy atom. The lowest BCUT2D eigenvalue weighted by atomic mass is 10.1. The Balaban J connectivity index is 0.000000433. The second-order valence-electron chi connectivity index (χ2n) is 4.44. The molecule has 126 valence electrons. The van der Waals surface area contributed by atoms with Crippen LogP contribution in [0.3, 0.4) is 0 Å². The van der Waals surface area contributed by atoms with Crippen molar-refractivity contribution in [1.29, 1.82) is 0 Å². The molecular weight excluding hydrogens is 310 g/mol. The van der Waals surface area contributed by atoms with E-state index in [-0.39, 0.29) is 0 Å². The van der Waals surface area contributed by atoms with Crippen LogP contribution in [0.1, 0.15) is 18.1 Å². The van der Waals surface area contributed by atoms with Gasteiger partial charge in [0.1, 0.15) is 6.73 Å². The van der Waals surface area contributed by atoms with Gasteiger partial charge < -0.3 is 15.2 Å². The monoisotopic (exact) mass is 333 g/mol. The van der Waals surface area contributed by atoms with Gasteiger partial charge in [0.2, 0.25) is 0 Å². The summed E-state index contributed by atoms with van der Waals surface area (Å²) in [6.45, 7) is 6.72. The van der Waals surface area contributed by atoms with Crippen molar-refractivity contribution in [3.05, 3.63) is 29.3 Å². The summed E-state index contributed by atoms with van der Waals surface area (Å²) >= 11 is 0. The lowest BCUT2D eigenvalue weighted by Gasteiger charge is -2.11. The molecule has 0 radical (unpaired) electrons. The fourth-order valence-electron chi connectivity index (χ4n) is 1.48. The number of hydrogen-bond donors (Lipinski definition) is 2. The molecule has 0 aliphatic carbocycles. The van der Waals surface area contributed by atoms with Gasteiger partial charge in [-0.15, -0.1) is 0 Å². The Morgan fingerprint density at radius 1 is 1.27 bits per heavy atom. The molecule has 0 aliphatic rings. The van der Waals surface area contributed by atoms with Gasteiger partial charge in [-0.2, -0.15) is 8.42 Å². The molecule has 0 aromatic heterocycles. The molecule has 0 amide bonds. The molecule has 7 nitrogen and oxygen atoms in total. The molecule has 0 saturated carbocycles. The first-order valence-corrected chi connectivity index (χ1v) is 8.43. The number of rotatable bonds is 7. The number of hydrogen-bond acceptors (Lipinski definition) is 6. The normalized spacial score (nSPS) is 10.5. The third-order valence-electron chi connectivity index (χ3n) is 2.43. The summed E-state index contributed by atoms with van der Waals surface area (Å²) in [6.07, 6.45) is 0.788. The van der Waals surface area contributed by atoms with Crippen molar-refractivity contribution < 1.29 is 27.2 Å². The van der Waals surface area contributed by atoms with Gasteiger partial charge in [0.25, 0.3) is 10.1 Å². The van der Waals surface area contributed by atoms with Crippen molar-refractivity contribution >= 4 is 21.8 Å². The van der Waals surface area contributed by atoms with E-state index in [1.807, 2.05) is 6.92 Å². The van der Waals surface area contributed by atoms with Crippen molar-refractivity contribution in [1.82, 2.24) is 0 Å². The molecule has 0 fully saturated rings. The van der Waals surface area contributed by atoms with Crippen molar-refractivity contribution in [2.24, 2.45) is 0 Å². The van der Waals surface area contributed by atoms with E-state index in [9.17, 15) is 13.2 Å². The van der Waals surface area contributed by atoms with Crippen LogP contribution in [0.5, 0.6) is 0 Å². The van der Waals surface area contributed by atoms with E-state index < -0.39 is 22.7 Å². The molecule has 0 spiro atoms. The molecule has 0 unspecified atom stereocenters. The lowest BCUT2D eigenvalue weighted by molar-refractivity contribution is -0.139. The fraction of sp³-hybridized carbons (Fsp3) is 0.500. The highest BCUT2D eigenvalue weighted by Gasteiger charge is 2.04. The van der Waals surface area contributed by atoms with E-state index in [1.165, 1.54) is 16.8 Å². The van der Waals surface area contributed by atoms with Crippen LogP contribution in [0.25, 0.3) is 0 Å². The van der Waals surface area contributed by atoms with Crippen molar-refractivity contribution in [2.75, 3.05) is 31.5 Å². The maximum Gasteiger partial charge on any atom is 0.331 e. The molecular formula is C14H23NO6S. The van der Waals surface area contributed by atoms with Crippen LogP contribution in [0.15, 0.2) is 18.2 Å². The average Bonchev–Trinajstić information content (AvgIpc) is 2.40. The minimum absolute atomic E-state index is 0.586. The van der Waals surface area contributed by atoms with E-state index in [4.69, 9.17) is 9.84 Å². The summed E-state index contributed by atoms with van der Waals surface area (Å²) in [5.74, 6) is -1.31. The van der Waals surface area contributed by atoms with Gasteiger partial charge in [-0.1, -0.05) is 18.2 Å². The second kappa shape index (κ2) is 10.1. The van der Waals surface area contributed by atoms with E-state index in [1.54, 1.807) is 0 Å². The van der Waals surface area contributed by atoms with Gasteiger partial charge in [0.05, 0.1) is 6.26 Å². The number of aryl methyl sites for hydroxylation is 2. The van der Waals surface area contributed by atoms with Crippen molar-refractivity contribution in [3.63, 3.8) is 0 Å². The minimum Gasteiger partial charge on any atom is -0.479 e. The molecule has 0 heterocycles. The highest BCUT2D eigenvalue weighted by Crippen LogP contribution is 2.18. The first-order chi connectivity index (χ1) is 10.2. The van der Waals surface area contributed by atoms with E-state index in [0.29, 0.717) is 6.73 Å². The third kappa shape index (κ3) is 10.1. The SMILES string of the molecule is CCOCNc1c(C)cccc1C.CS(=O)(=O)OCC(=O)O. The van der Waals surface area contributed by atoms with Crippen LogP contribution in [0.4, 0.5) is 5.69 Å². The number of aliphatic carboxylic acids is 1. The summed E-state index contributed by atoms with van der Waals surface area (Å²) in [5.41, 5.74) is 3.72. The predicted molar refractivity (Wildman–Crippen MR) is 84.5 cm³/mol. The smallest absolute Gasteiger partial charge is 0.331 e. The van der Waals surface area contributed by atoms with E-state index in [2.05, 4.69) is 41.5 Å². The Morgan fingerprint density at radius 3 is 2.18 bits per heavy atom. The number of para-hydroxylation sites is 1. The first kappa shape index (κ1) is 20.4. The molecule has 1 aromatic rings. The largest absolute Gasteiger partial charge is 0.479 e. The number of carbonyl (C=O) groups is 1. The topological polar surface area (TPSA) is 102 Å². The number of nitrogens with one attached hydrogen (secondary N) is 1. The number of carboxylic acids is 1. The highest BCUT2D eigenvalue weighted by molar-refractivity contribution is 7.86. The number of ether oxygens (including phenoxy) is 1. The molecule has 1 rings (SSSR count). The molecule has 0 aliphatic heterocycles. The molecule has 8 heteroatoms. The number of benzene rings is 1. The quantitative estimate of drug-likeness (QED) is 0.445. The third-order valence-corrected chi connectivity index (χ3v) is 2.98. The zero-order valence-electron chi connectivity index (χ0n) is 13.3. The Hall–Kier alpha value is -1.64. The van der Waals surface area contributed by atoms with Gasteiger partial charge in [-0.05, 0) is 31.9 Å². The summed E-state index contributed by atoms with van der Waals surface area (Å²) in [6, 6.07) is 6.26. The van der Waals surface area contributed by atoms with Crippen LogP contribution in [0.2, 0.25) is 0 Å². The summed E-state index contributed by atoms with van der Waals surface area (Å²) in [5, 5.41) is 11.1. The molecule has 2 N–H and O–H groups in total. The lowest BCUT2D eigenvalue weighted by Crippen LogP contribution is -2.11. The Labute approximate surface area is 131 Å². The molecule has 1 aromatic carbocycles. The number of carboxylic acid groups (broad SMARTS) is 1. The minimum atomic E-state index is -3.60. The van der Waals surface area contributed by atoms with Crippen LogP contribution in [-0.4, -0.2) is 45.7 Å². The average molecular weight is 333 g/mol. The fourth-order valence-corrected chi connectivity index (χ4v) is 1.79. The first-order valence-electron chi connectivity index (χ1n) is 6.61. The van der Waals surface area contributed by atoms with Crippen LogP contribution < -0.4 is 5.32 Å². The second-order valence-corrected chi connectivity index (χ2v) is 6.08. The Bertz CT molecular complexity index is 550. The molecule has 22 heavy (non-hydrogen) atoms. The van der Waals surface area contributed by atoms with Crippen molar-refractivity contribution in [2.45, 2.75) is 20.8 Å². The maximum atomic E-state index is 10.1. The van der Waals surface area contributed by atoms with E-state index in [0.717, 1.165) is 12.9 Å². The zero-order chi connectivity index (χ0) is 17.2. The zero-order valence-corrected chi connectivity index (χ0v) is 14.1. The van der Waals surface area contributed by atoms with Crippen LogP contribution in [0, 0.1) is 13.8 Å². The van der Waals surface area contributed by atoms with Crippen molar-refractivity contribution in [3.8, 4) is 0 Å². The van der Waals surface area contributed by atoms with Gasteiger partial charge in [-0.3, -0.25) is 4.18 Å². The summed E-state index contributed by atoms with van der Waals surface area (Å²) in [7, 11) is -3.60. The molecule has 0 atom stereocenters. The standard InChI is InChI=1S/C11H17NO.C3H6O5S/c1-4-13-8-12-11-9(2)6-5-7-10(11)3;1-9(6,7)8-2-3(4)5/h5-7,12H,4,8H2,1-3H3;2H2,1H3,(H,4,5). The van der Waals surface area contributed by atoms with Crippen LogP contribution in [-0.2, 0) is 23.8 Å². The highest BCUT2D eigenvalue weighted by atomic mass is 32.2. The van der Waals surface area contributed by atoms with Gasteiger partial charge in [0, 0.05) is 12.3 Å². The summed E-state index contributed by atoms with van der Waals surface area (Å²) < 4.78 is 29.2. The van der Waals surface area contributed by atoms with Gasteiger partial charge >= 0.3 is 5.97 Å². The van der Waals surface area contributed by atoms with Gasteiger partial charge in [0.15, 0.2) is 6.61 Å². The maximum absolute atomic E-state index is 10.1. The summed E-state index contributed by atoms with van der Waals surface area (Å²) in [4.78, 5) is 9.66. The van der Waals surface area contributed by atoms with Crippen LogP contribution >= 0.6 is 0 Å². The van der Waals surface area contributed by atoms with E-state index >= 15 is 0 Å². The molecule has 0 saturated heterocycles. The Kier molecular flexibility index (Phi) is 9.39. The number of anilines is 1. The van der Waals surface area contributed by atoms with Gasteiger partial charge in [-0.25, -0.2) is 4.79 Å². The predicted octanol–water partition coefficient (Wildman–Crippen LogP) is 1.76. The molecule has 0 bridgehead atoms.